The third kappa shape index (κ3) is 51.8. The van der Waals surface area contributed by atoms with Crippen LogP contribution in [-0.4, -0.2) is 166 Å². The third-order valence-corrected chi connectivity index (χ3v) is 13.1. The highest BCUT2D eigenvalue weighted by molar-refractivity contribution is 5.82. The van der Waals surface area contributed by atoms with Gasteiger partial charge in [0.25, 0.3) is 0 Å². The monoisotopic (exact) mass is 1130 g/mol. The van der Waals surface area contributed by atoms with Gasteiger partial charge in [0.2, 0.25) is 35.4 Å². The van der Waals surface area contributed by atoms with Gasteiger partial charge in [-0.3, -0.25) is 38.4 Å². The zero-order valence-corrected chi connectivity index (χ0v) is 49.9. The number of carbonyl (C=O) groups is 8. The molecule has 0 heterocycles. The molecule has 0 aliphatic heterocycles. The number of carbonyl (C=O) groups excluding carboxylic acids is 8. The molecule has 0 aromatic heterocycles. The summed E-state index contributed by atoms with van der Waals surface area (Å²) in [5, 5.41) is 17.2. The predicted molar refractivity (Wildman–Crippen MR) is 307 cm³/mol. The molecule has 0 saturated heterocycles. The maximum absolute atomic E-state index is 13.7. The number of Topliss-reactive ketones (excluding diaryl/α,β-unsaturated/α-hetero) is 2. The first-order valence-electron chi connectivity index (χ1n) is 30.1. The first-order valence-corrected chi connectivity index (χ1v) is 30.1. The van der Waals surface area contributed by atoms with Crippen molar-refractivity contribution in [3.63, 3.8) is 0 Å². The molecular weight excluding hydrogens is 1020 g/mol. The maximum Gasteiger partial charge on any atom is 0.222 e. The largest absolute Gasteiger partial charge is 0.385 e. The van der Waals surface area contributed by atoms with Gasteiger partial charge in [-0.25, -0.2) is 0 Å². The van der Waals surface area contributed by atoms with E-state index in [2.05, 4.69) is 45.7 Å². The van der Waals surface area contributed by atoms with Crippen LogP contribution in [0.5, 0.6) is 0 Å². The van der Waals surface area contributed by atoms with Crippen molar-refractivity contribution >= 4 is 47.0 Å². The highest BCUT2D eigenvalue weighted by atomic mass is 16.5. The number of rotatable bonds is 59. The third-order valence-electron chi connectivity index (χ3n) is 13.1. The molecule has 6 amide bonds. The number of amides is 6. The molecular formula is C59H110N6O14. The fraction of sp³-hybridized carbons (Fsp3) is 0.864. The summed E-state index contributed by atoms with van der Waals surface area (Å²) in [6.45, 7) is 8.02. The topological polar surface area (TPSA) is 264 Å². The van der Waals surface area contributed by atoms with Gasteiger partial charge in [0.05, 0.1) is 39.6 Å². The van der Waals surface area contributed by atoms with Crippen LogP contribution in [0.4, 0.5) is 0 Å². The van der Waals surface area contributed by atoms with Crippen molar-refractivity contribution in [2.24, 2.45) is 5.92 Å². The van der Waals surface area contributed by atoms with E-state index in [1.165, 1.54) is 12.8 Å². The molecule has 0 aliphatic carbocycles. The van der Waals surface area contributed by atoms with Crippen molar-refractivity contribution < 1.29 is 66.8 Å². The zero-order valence-electron chi connectivity index (χ0n) is 49.9. The van der Waals surface area contributed by atoms with Crippen molar-refractivity contribution in [2.75, 3.05) is 114 Å². The molecule has 0 radical (unpaired) electrons. The fourth-order valence-corrected chi connectivity index (χ4v) is 8.39. The van der Waals surface area contributed by atoms with Crippen LogP contribution in [0.2, 0.25) is 0 Å². The number of ketones is 2. The van der Waals surface area contributed by atoms with Gasteiger partial charge in [0.15, 0.2) is 0 Å². The van der Waals surface area contributed by atoms with E-state index >= 15 is 0 Å². The minimum absolute atomic E-state index is 0.00467. The lowest BCUT2D eigenvalue weighted by Gasteiger charge is -2.34. The number of hydrogen-bond acceptors (Lipinski definition) is 14. The predicted octanol–water partition coefficient (Wildman–Crippen LogP) is 6.91. The van der Waals surface area contributed by atoms with Crippen LogP contribution >= 0.6 is 0 Å². The Kier molecular flexibility index (Phi) is 51.7. The van der Waals surface area contributed by atoms with E-state index in [0.717, 1.165) is 123 Å². The van der Waals surface area contributed by atoms with E-state index in [1.807, 2.05) is 0 Å². The van der Waals surface area contributed by atoms with Crippen LogP contribution in [0, 0.1) is 5.92 Å². The Morgan fingerprint density at radius 3 is 1.10 bits per heavy atom. The van der Waals surface area contributed by atoms with E-state index in [1.54, 1.807) is 21.3 Å². The Labute approximate surface area is 475 Å². The van der Waals surface area contributed by atoms with Gasteiger partial charge < -0.3 is 60.3 Å². The average Bonchev–Trinajstić information content (AvgIpc) is 3.42. The molecule has 0 unspecified atom stereocenters. The first-order chi connectivity index (χ1) is 38.2. The van der Waals surface area contributed by atoms with Gasteiger partial charge in [0, 0.05) is 138 Å². The summed E-state index contributed by atoms with van der Waals surface area (Å²) < 4.78 is 33.4. The molecule has 0 bridgehead atoms. The van der Waals surface area contributed by atoms with Crippen LogP contribution in [0.1, 0.15) is 206 Å². The summed E-state index contributed by atoms with van der Waals surface area (Å²) in [6, 6.07) is 0. The number of methoxy groups -OCH3 is 3. The highest BCUT2D eigenvalue weighted by Gasteiger charge is 2.34. The second-order valence-corrected chi connectivity index (χ2v) is 21.2. The number of unbranched alkanes of at least 4 members (excludes halogenated alkanes) is 13. The minimum Gasteiger partial charge on any atom is -0.385 e. The Hall–Kier alpha value is -4.08. The molecule has 79 heavy (non-hydrogen) atoms. The number of hydrogen-bond donors (Lipinski definition) is 6. The zero-order chi connectivity index (χ0) is 58.3. The molecule has 460 valence electrons. The van der Waals surface area contributed by atoms with Crippen molar-refractivity contribution in [3.8, 4) is 0 Å². The van der Waals surface area contributed by atoms with E-state index in [4.69, 9.17) is 28.4 Å². The van der Waals surface area contributed by atoms with E-state index < -0.39 is 11.4 Å². The van der Waals surface area contributed by atoms with E-state index in [-0.39, 0.29) is 152 Å². The van der Waals surface area contributed by atoms with Gasteiger partial charge in [-0.15, -0.1) is 0 Å². The van der Waals surface area contributed by atoms with Crippen LogP contribution < -0.4 is 31.9 Å². The summed E-state index contributed by atoms with van der Waals surface area (Å²) in [7, 11) is 5.04. The molecule has 0 atom stereocenters. The van der Waals surface area contributed by atoms with Gasteiger partial charge in [0.1, 0.15) is 17.1 Å². The van der Waals surface area contributed by atoms with Crippen LogP contribution in [0.3, 0.4) is 0 Å². The molecule has 0 aromatic rings. The standard InChI is InChI=1S/C59H110N6O14/c1-50(2)25-15-8-9-17-36-60-53(68)29-24-30-58(73)65-59(47-77-44-33-52(67)28-23-27-51(66)26-16-7-6-12-20-41-74-3,48-78-45-34-56(71)63-39-31-54(69)61-37-18-10-13-21-42-75-4)49-79-46-35-57(72)64-40-32-55(70)62-38-19-11-14-22-43-76-5/h50H,6-49H2,1-5H3,(H,60,68)(H,61,69)(H,62,70)(H,63,71)(H,64,72)(H,65,73). The summed E-state index contributed by atoms with van der Waals surface area (Å²) in [4.78, 5) is 102. The second-order valence-electron chi connectivity index (χ2n) is 21.2. The molecule has 20 heteroatoms. The Balaban J connectivity index is 5.67. The van der Waals surface area contributed by atoms with Crippen LogP contribution in [-0.2, 0) is 66.8 Å². The van der Waals surface area contributed by atoms with Crippen molar-refractivity contribution in [3.05, 3.63) is 0 Å². The summed E-state index contributed by atoms with van der Waals surface area (Å²) in [5.41, 5.74) is -1.34. The van der Waals surface area contributed by atoms with E-state index in [0.29, 0.717) is 44.8 Å². The minimum atomic E-state index is -1.34. The fourth-order valence-electron chi connectivity index (χ4n) is 8.39. The lowest BCUT2D eigenvalue weighted by molar-refractivity contribution is -0.131. The van der Waals surface area contributed by atoms with Gasteiger partial charge in [-0.05, 0) is 63.7 Å². The second kappa shape index (κ2) is 54.5. The number of ether oxygens (including phenoxy) is 6. The Bertz CT molecular complexity index is 1450. The molecule has 0 aromatic carbocycles. The maximum atomic E-state index is 13.7. The summed E-state index contributed by atoms with van der Waals surface area (Å²) in [6.07, 6.45) is 20.3. The smallest absolute Gasteiger partial charge is 0.222 e. The van der Waals surface area contributed by atoms with E-state index in [9.17, 15) is 38.4 Å². The summed E-state index contributed by atoms with van der Waals surface area (Å²) in [5.74, 6) is -0.747. The molecule has 0 spiro atoms. The van der Waals surface area contributed by atoms with Crippen molar-refractivity contribution in [1.82, 2.24) is 31.9 Å². The molecule has 20 nitrogen and oxygen atoms in total. The molecule has 0 fully saturated rings. The first kappa shape index (κ1) is 74.9. The molecule has 0 saturated carbocycles. The van der Waals surface area contributed by atoms with Crippen molar-refractivity contribution in [2.45, 2.75) is 212 Å². The molecule has 6 N–H and O–H groups in total. The lowest BCUT2D eigenvalue weighted by atomic mass is 10.0. The highest BCUT2D eigenvalue weighted by Crippen LogP contribution is 2.14. The quantitative estimate of drug-likeness (QED) is 0.0338. The SMILES string of the molecule is COCCCCCCCC(=O)CCCC(=O)CCOCC(COCCC(=O)NCCC(=O)NCCCCCCOC)(COCCC(=O)NCCC(=O)NCCCCCCOC)NC(=O)CCCC(=O)NCCCCCCC(C)C. The Morgan fingerprint density at radius 1 is 0.316 bits per heavy atom. The van der Waals surface area contributed by atoms with Crippen LogP contribution in [0.25, 0.3) is 0 Å². The van der Waals surface area contributed by atoms with Gasteiger partial charge >= 0.3 is 0 Å². The molecule has 0 rings (SSSR count). The Morgan fingerprint density at radius 2 is 0.646 bits per heavy atom. The average molecular weight is 1130 g/mol. The lowest BCUT2D eigenvalue weighted by Crippen LogP contribution is -2.58. The van der Waals surface area contributed by atoms with Gasteiger partial charge in [-0.1, -0.05) is 84.5 Å². The molecule has 0 aliphatic rings. The summed E-state index contributed by atoms with van der Waals surface area (Å²) >= 11 is 0. The number of nitrogens with one attached hydrogen (secondary N) is 6. The van der Waals surface area contributed by atoms with Crippen LogP contribution in [0.15, 0.2) is 0 Å². The van der Waals surface area contributed by atoms with Crippen molar-refractivity contribution in [1.29, 1.82) is 0 Å². The normalized spacial score (nSPS) is 11.4. The van der Waals surface area contributed by atoms with Gasteiger partial charge in [-0.2, -0.15) is 0 Å².